The van der Waals surface area contributed by atoms with E-state index in [9.17, 15) is 14.3 Å². The van der Waals surface area contributed by atoms with Gasteiger partial charge in [-0.2, -0.15) is 0 Å². The van der Waals surface area contributed by atoms with Crippen LogP contribution in [0.15, 0.2) is 48.5 Å². The van der Waals surface area contributed by atoms with Gasteiger partial charge in [0.2, 0.25) is 5.91 Å². The number of aliphatic hydroxyl groups is 1. The first kappa shape index (κ1) is 19.1. The van der Waals surface area contributed by atoms with Gasteiger partial charge < -0.3 is 10.8 Å². The van der Waals surface area contributed by atoms with Gasteiger partial charge in [-0.1, -0.05) is 38.1 Å². The molecular formula is C20H25FN2O2. The van der Waals surface area contributed by atoms with Crippen molar-refractivity contribution in [2.75, 3.05) is 13.1 Å². The minimum atomic E-state index is -0.710. The predicted molar refractivity (Wildman–Crippen MR) is 96.4 cm³/mol. The van der Waals surface area contributed by atoms with Crippen LogP contribution in [-0.2, 0) is 6.54 Å². The second kappa shape index (κ2) is 8.74. The van der Waals surface area contributed by atoms with Crippen molar-refractivity contribution in [1.82, 2.24) is 4.90 Å². The molecule has 0 aromatic heterocycles. The first-order valence-corrected chi connectivity index (χ1v) is 8.39. The molecule has 2 aromatic rings. The van der Waals surface area contributed by atoms with E-state index in [0.717, 1.165) is 12.1 Å². The number of benzene rings is 2. The van der Waals surface area contributed by atoms with Gasteiger partial charge in [-0.05, 0) is 41.3 Å². The highest BCUT2D eigenvalue weighted by molar-refractivity contribution is 5.92. The van der Waals surface area contributed by atoms with Crippen LogP contribution in [0.25, 0.3) is 0 Å². The van der Waals surface area contributed by atoms with Crippen LogP contribution in [0.3, 0.4) is 0 Å². The Balaban J connectivity index is 2.11. The van der Waals surface area contributed by atoms with Crippen molar-refractivity contribution < 1.29 is 14.3 Å². The quantitative estimate of drug-likeness (QED) is 0.773. The van der Waals surface area contributed by atoms with Crippen LogP contribution >= 0.6 is 0 Å². The first-order chi connectivity index (χ1) is 11.8. The molecule has 5 heteroatoms. The molecule has 0 radical (unpaired) electrons. The molecule has 0 aliphatic heterocycles. The summed E-state index contributed by atoms with van der Waals surface area (Å²) >= 11 is 0. The molecule has 25 heavy (non-hydrogen) atoms. The number of primary amides is 1. The van der Waals surface area contributed by atoms with Gasteiger partial charge in [-0.15, -0.1) is 0 Å². The summed E-state index contributed by atoms with van der Waals surface area (Å²) in [6.45, 7) is 6.02. The van der Waals surface area contributed by atoms with E-state index in [1.165, 1.54) is 12.1 Å². The van der Waals surface area contributed by atoms with Crippen molar-refractivity contribution in [3.8, 4) is 0 Å². The molecule has 0 aliphatic rings. The summed E-state index contributed by atoms with van der Waals surface area (Å²) in [5.41, 5.74) is 7.46. The normalized spacial score (nSPS) is 12.6. The molecule has 1 atom stereocenters. The zero-order chi connectivity index (χ0) is 18.4. The van der Waals surface area contributed by atoms with Crippen molar-refractivity contribution >= 4 is 5.91 Å². The Labute approximate surface area is 148 Å². The fraction of sp³-hybridized carbons (Fsp3) is 0.350. The lowest BCUT2D eigenvalue weighted by molar-refractivity contribution is 0.0992. The second-order valence-corrected chi connectivity index (χ2v) is 6.72. The Bertz CT molecular complexity index is 701. The molecule has 0 aliphatic carbocycles. The maximum absolute atomic E-state index is 13.0. The van der Waals surface area contributed by atoms with Gasteiger partial charge in [-0.25, -0.2) is 4.39 Å². The Hall–Kier alpha value is -2.24. The van der Waals surface area contributed by atoms with Crippen molar-refractivity contribution in [3.63, 3.8) is 0 Å². The monoisotopic (exact) mass is 344 g/mol. The van der Waals surface area contributed by atoms with Gasteiger partial charge >= 0.3 is 0 Å². The lowest BCUT2D eigenvalue weighted by Crippen LogP contribution is -2.31. The summed E-state index contributed by atoms with van der Waals surface area (Å²) < 4.78 is 13.0. The highest BCUT2D eigenvalue weighted by Gasteiger charge is 2.16. The van der Waals surface area contributed by atoms with Gasteiger partial charge in [0.25, 0.3) is 0 Å². The van der Waals surface area contributed by atoms with Crippen LogP contribution in [0.1, 0.15) is 41.4 Å². The van der Waals surface area contributed by atoms with E-state index in [2.05, 4.69) is 18.7 Å². The van der Waals surface area contributed by atoms with Gasteiger partial charge in [-0.3, -0.25) is 9.69 Å². The molecule has 1 amide bonds. The number of halogens is 1. The first-order valence-electron chi connectivity index (χ1n) is 8.39. The number of aliphatic hydroxyl groups excluding tert-OH is 1. The number of hydrogen-bond acceptors (Lipinski definition) is 3. The van der Waals surface area contributed by atoms with Crippen molar-refractivity contribution in [2.45, 2.75) is 26.5 Å². The molecule has 4 nitrogen and oxygen atoms in total. The minimum Gasteiger partial charge on any atom is -0.387 e. The third kappa shape index (κ3) is 5.96. The molecule has 2 rings (SSSR count). The summed E-state index contributed by atoms with van der Waals surface area (Å²) in [6.07, 6.45) is -0.710. The van der Waals surface area contributed by atoms with Crippen LogP contribution in [0, 0.1) is 11.7 Å². The van der Waals surface area contributed by atoms with E-state index in [0.29, 0.717) is 30.1 Å². The molecule has 0 spiro atoms. The Morgan fingerprint density at radius 1 is 1.16 bits per heavy atom. The number of rotatable bonds is 8. The molecule has 0 bridgehead atoms. The maximum Gasteiger partial charge on any atom is 0.248 e. The molecule has 0 saturated carbocycles. The van der Waals surface area contributed by atoms with Crippen LogP contribution in [0.2, 0.25) is 0 Å². The van der Waals surface area contributed by atoms with Gasteiger partial charge in [0, 0.05) is 25.2 Å². The smallest absolute Gasteiger partial charge is 0.248 e. The Kier molecular flexibility index (Phi) is 6.67. The summed E-state index contributed by atoms with van der Waals surface area (Å²) in [6, 6.07) is 13.1. The van der Waals surface area contributed by atoms with E-state index in [1.807, 2.05) is 6.07 Å². The predicted octanol–water partition coefficient (Wildman–Crippen LogP) is 3.12. The van der Waals surface area contributed by atoms with Crippen molar-refractivity contribution in [3.05, 3.63) is 71.0 Å². The summed E-state index contributed by atoms with van der Waals surface area (Å²) in [7, 11) is 0. The third-order valence-electron chi connectivity index (χ3n) is 3.93. The van der Waals surface area contributed by atoms with Crippen LogP contribution < -0.4 is 5.73 Å². The topological polar surface area (TPSA) is 66.6 Å². The average molecular weight is 344 g/mol. The lowest BCUT2D eigenvalue weighted by Gasteiger charge is -2.27. The van der Waals surface area contributed by atoms with Crippen molar-refractivity contribution in [2.24, 2.45) is 11.7 Å². The summed E-state index contributed by atoms with van der Waals surface area (Å²) in [4.78, 5) is 13.5. The van der Waals surface area contributed by atoms with Crippen LogP contribution in [-0.4, -0.2) is 29.0 Å². The van der Waals surface area contributed by atoms with Crippen molar-refractivity contribution in [1.29, 1.82) is 0 Å². The largest absolute Gasteiger partial charge is 0.387 e. The maximum atomic E-state index is 13.0. The van der Waals surface area contributed by atoms with Gasteiger partial charge in [0.15, 0.2) is 0 Å². The SMILES string of the molecule is CC(C)CN(Cc1cccc(C(N)=O)c1)CC(O)c1ccc(F)cc1. The number of amides is 1. The zero-order valence-corrected chi connectivity index (χ0v) is 14.7. The fourth-order valence-electron chi connectivity index (χ4n) is 2.84. The van der Waals surface area contributed by atoms with Gasteiger partial charge in [0.1, 0.15) is 5.82 Å². The minimum absolute atomic E-state index is 0.321. The average Bonchev–Trinajstić information content (AvgIpc) is 2.55. The molecule has 134 valence electrons. The molecule has 2 aromatic carbocycles. The third-order valence-corrected chi connectivity index (χ3v) is 3.93. The molecule has 3 N–H and O–H groups in total. The Morgan fingerprint density at radius 2 is 1.84 bits per heavy atom. The van der Waals surface area contributed by atoms with Crippen LogP contribution in [0.4, 0.5) is 4.39 Å². The molecule has 1 unspecified atom stereocenters. The highest BCUT2D eigenvalue weighted by Crippen LogP contribution is 2.18. The summed E-state index contributed by atoms with van der Waals surface area (Å²) in [5.74, 6) is -0.360. The lowest BCUT2D eigenvalue weighted by atomic mass is 10.1. The van der Waals surface area contributed by atoms with E-state index in [1.54, 1.807) is 30.3 Å². The Morgan fingerprint density at radius 3 is 2.44 bits per heavy atom. The number of hydrogen-bond donors (Lipinski definition) is 2. The van der Waals surface area contributed by atoms with E-state index >= 15 is 0 Å². The standard InChI is InChI=1S/C20H25FN2O2/c1-14(2)11-23(12-15-4-3-5-17(10-15)20(22)25)13-19(24)16-6-8-18(21)9-7-16/h3-10,14,19,24H,11-13H2,1-2H3,(H2,22,25). The summed E-state index contributed by atoms with van der Waals surface area (Å²) in [5, 5.41) is 10.5. The number of nitrogens with zero attached hydrogens (tertiary/aromatic N) is 1. The van der Waals surface area contributed by atoms with Gasteiger partial charge in [0.05, 0.1) is 6.10 Å². The molecule has 0 heterocycles. The number of nitrogens with two attached hydrogens (primary N) is 1. The molecular weight excluding hydrogens is 319 g/mol. The van der Waals surface area contributed by atoms with E-state index < -0.39 is 12.0 Å². The molecule has 0 fully saturated rings. The second-order valence-electron chi connectivity index (χ2n) is 6.72. The molecule has 0 saturated heterocycles. The van der Waals surface area contributed by atoms with E-state index in [-0.39, 0.29) is 5.82 Å². The van der Waals surface area contributed by atoms with E-state index in [4.69, 9.17) is 5.73 Å². The number of carbonyl (C=O) groups excluding carboxylic acids is 1. The zero-order valence-electron chi connectivity index (χ0n) is 14.7. The fourth-order valence-corrected chi connectivity index (χ4v) is 2.84. The number of carbonyl (C=O) groups is 1. The highest BCUT2D eigenvalue weighted by atomic mass is 19.1. The van der Waals surface area contributed by atoms with Crippen LogP contribution in [0.5, 0.6) is 0 Å².